The van der Waals surface area contributed by atoms with E-state index in [0.717, 1.165) is 43.9 Å². The van der Waals surface area contributed by atoms with Crippen LogP contribution in [0.5, 0.6) is 0 Å². The van der Waals surface area contributed by atoms with Crippen molar-refractivity contribution in [2.24, 2.45) is 40.4 Å². The third kappa shape index (κ3) is 3.75. The van der Waals surface area contributed by atoms with E-state index in [9.17, 15) is 23.1 Å². The number of hydrogen-bond donors (Lipinski definition) is 1. The Hall–Kier alpha value is -0.580. The number of Topliss-reactive ketones (excluding diaryl/α,β-unsaturated/α-hetero) is 1. The minimum atomic E-state index is -4.68. The summed E-state index contributed by atoms with van der Waals surface area (Å²) in [6.45, 7) is 6.89. The van der Waals surface area contributed by atoms with Gasteiger partial charge in [0.05, 0.1) is 5.60 Å². The van der Waals surface area contributed by atoms with Crippen LogP contribution < -0.4 is 0 Å². The Morgan fingerprint density at radius 2 is 1.63 bits per heavy atom. The van der Waals surface area contributed by atoms with Gasteiger partial charge in [-0.25, -0.2) is 0 Å². The van der Waals surface area contributed by atoms with Gasteiger partial charge in [-0.2, -0.15) is 13.2 Å². The van der Waals surface area contributed by atoms with Crippen molar-refractivity contribution in [3.05, 3.63) is 0 Å². The summed E-state index contributed by atoms with van der Waals surface area (Å²) >= 11 is 0. The molecule has 0 radical (unpaired) electrons. The van der Waals surface area contributed by atoms with Crippen LogP contribution >= 0.6 is 0 Å². The second-order valence-electron chi connectivity index (χ2n) is 12.0. The minimum Gasteiger partial charge on any atom is -0.390 e. The molecule has 4 rings (SSSR count). The van der Waals surface area contributed by atoms with Crippen molar-refractivity contribution >= 4 is 5.78 Å². The molecule has 0 aromatic rings. The van der Waals surface area contributed by atoms with Gasteiger partial charge >= 0.3 is 6.18 Å². The Balaban J connectivity index is 1.42. The lowest BCUT2D eigenvalue weighted by Crippen LogP contribution is -2.55. The Morgan fingerprint density at radius 1 is 0.933 bits per heavy atom. The van der Waals surface area contributed by atoms with Gasteiger partial charge in [0, 0.05) is 6.42 Å². The van der Waals surface area contributed by atoms with Crippen molar-refractivity contribution in [1.82, 2.24) is 0 Å². The Labute approximate surface area is 179 Å². The standard InChI is InChI=1S/C25H39F3O2/c1-22(30)13-14-24(3)17(15-22)7-9-18-19-10-8-16(23(19,2)12-11-20(18)24)5-4-6-21(29)25(26,27)28/h16-20,30H,4-15H2,1-3H3. The third-order valence-corrected chi connectivity index (χ3v) is 10.4. The van der Waals surface area contributed by atoms with E-state index in [1.54, 1.807) is 0 Å². The van der Waals surface area contributed by atoms with Crippen LogP contribution in [0.3, 0.4) is 0 Å². The number of carbonyl (C=O) groups is 1. The van der Waals surface area contributed by atoms with E-state index in [2.05, 4.69) is 13.8 Å². The van der Waals surface area contributed by atoms with Crippen molar-refractivity contribution in [2.45, 2.75) is 110 Å². The average Bonchev–Trinajstić information content (AvgIpc) is 2.98. The van der Waals surface area contributed by atoms with Crippen LogP contribution in [0.2, 0.25) is 0 Å². The van der Waals surface area contributed by atoms with E-state index in [-0.39, 0.29) is 11.8 Å². The van der Waals surface area contributed by atoms with Gasteiger partial charge in [0.25, 0.3) is 0 Å². The highest BCUT2D eigenvalue weighted by Crippen LogP contribution is 2.68. The summed E-state index contributed by atoms with van der Waals surface area (Å²) < 4.78 is 37.6. The predicted molar refractivity (Wildman–Crippen MR) is 111 cm³/mol. The number of aliphatic hydroxyl groups is 1. The number of alkyl halides is 3. The van der Waals surface area contributed by atoms with Gasteiger partial charge in [0.2, 0.25) is 5.78 Å². The first-order chi connectivity index (χ1) is 13.9. The first-order valence-electron chi connectivity index (χ1n) is 12.2. The molecule has 5 heteroatoms. The zero-order chi connectivity index (χ0) is 21.9. The van der Waals surface area contributed by atoms with Crippen LogP contribution in [0.4, 0.5) is 13.2 Å². The molecule has 8 atom stereocenters. The molecule has 4 saturated carbocycles. The monoisotopic (exact) mass is 428 g/mol. The quantitative estimate of drug-likeness (QED) is 0.541. The summed E-state index contributed by atoms with van der Waals surface area (Å²) in [5, 5.41) is 10.6. The number of halogens is 3. The topological polar surface area (TPSA) is 37.3 Å². The molecule has 0 aromatic heterocycles. The zero-order valence-electron chi connectivity index (χ0n) is 18.9. The minimum absolute atomic E-state index is 0.228. The second kappa shape index (κ2) is 7.49. The number of ketones is 1. The first kappa shape index (κ1) is 22.6. The molecule has 4 fully saturated rings. The normalized spacial score (nSPS) is 48.6. The maximum Gasteiger partial charge on any atom is 0.449 e. The van der Waals surface area contributed by atoms with Gasteiger partial charge in [-0.3, -0.25) is 4.79 Å². The molecule has 30 heavy (non-hydrogen) atoms. The van der Waals surface area contributed by atoms with Crippen molar-refractivity contribution in [3.8, 4) is 0 Å². The lowest BCUT2D eigenvalue weighted by molar-refractivity contribution is -0.171. The van der Waals surface area contributed by atoms with E-state index in [0.29, 0.717) is 29.6 Å². The van der Waals surface area contributed by atoms with Crippen molar-refractivity contribution in [2.75, 3.05) is 0 Å². The molecule has 0 aromatic carbocycles. The molecule has 0 bridgehead atoms. The van der Waals surface area contributed by atoms with Crippen molar-refractivity contribution in [1.29, 1.82) is 0 Å². The SMILES string of the molecule is CC1(O)CCC2(C)C(CCC3C4CCC(CCCC(=O)C(F)(F)F)C4(C)CCC32)C1. The van der Waals surface area contributed by atoms with Crippen LogP contribution in [-0.2, 0) is 4.79 Å². The van der Waals surface area contributed by atoms with Crippen LogP contribution in [0.15, 0.2) is 0 Å². The van der Waals surface area contributed by atoms with Crippen LogP contribution in [-0.4, -0.2) is 22.7 Å². The molecule has 4 aliphatic carbocycles. The Bertz CT molecular complexity index is 672. The highest BCUT2D eigenvalue weighted by molar-refractivity contribution is 5.83. The van der Waals surface area contributed by atoms with Crippen molar-refractivity contribution < 1.29 is 23.1 Å². The molecule has 4 aliphatic rings. The van der Waals surface area contributed by atoms with E-state index in [1.165, 1.54) is 32.1 Å². The second-order valence-corrected chi connectivity index (χ2v) is 12.0. The molecule has 8 unspecified atom stereocenters. The molecule has 0 amide bonds. The number of rotatable bonds is 4. The highest BCUT2D eigenvalue weighted by Gasteiger charge is 2.60. The third-order valence-electron chi connectivity index (χ3n) is 10.4. The molecule has 1 N–H and O–H groups in total. The first-order valence-corrected chi connectivity index (χ1v) is 12.2. The van der Waals surface area contributed by atoms with Gasteiger partial charge in [0.15, 0.2) is 0 Å². The summed E-state index contributed by atoms with van der Waals surface area (Å²) in [6, 6.07) is 0. The van der Waals surface area contributed by atoms with E-state index in [1.807, 2.05) is 6.92 Å². The number of fused-ring (bicyclic) bond motifs is 5. The Morgan fingerprint density at radius 3 is 2.33 bits per heavy atom. The summed E-state index contributed by atoms with van der Waals surface area (Å²) in [5.41, 5.74) is 0.0575. The lowest BCUT2D eigenvalue weighted by Gasteiger charge is -2.62. The van der Waals surface area contributed by atoms with Crippen LogP contribution in [0, 0.1) is 40.4 Å². The summed E-state index contributed by atoms with van der Waals surface area (Å²) in [6.07, 6.45) is 6.23. The van der Waals surface area contributed by atoms with Gasteiger partial charge in [-0.15, -0.1) is 0 Å². The highest BCUT2D eigenvalue weighted by atomic mass is 19.4. The summed E-state index contributed by atoms with van der Waals surface area (Å²) in [5.74, 6) is 1.66. The largest absolute Gasteiger partial charge is 0.449 e. The average molecular weight is 429 g/mol. The summed E-state index contributed by atoms with van der Waals surface area (Å²) in [7, 11) is 0. The lowest BCUT2D eigenvalue weighted by atomic mass is 9.44. The van der Waals surface area contributed by atoms with Crippen LogP contribution in [0.1, 0.15) is 97.8 Å². The molecule has 0 saturated heterocycles. The molecule has 172 valence electrons. The van der Waals surface area contributed by atoms with Crippen molar-refractivity contribution in [3.63, 3.8) is 0 Å². The van der Waals surface area contributed by atoms with Gasteiger partial charge in [0.1, 0.15) is 0 Å². The summed E-state index contributed by atoms with van der Waals surface area (Å²) in [4.78, 5) is 11.3. The van der Waals surface area contributed by atoms with Crippen LogP contribution in [0.25, 0.3) is 0 Å². The van der Waals surface area contributed by atoms with E-state index < -0.39 is 17.6 Å². The molecule has 0 spiro atoms. The fourth-order valence-electron chi connectivity index (χ4n) is 8.66. The van der Waals surface area contributed by atoms with E-state index in [4.69, 9.17) is 0 Å². The molecule has 0 heterocycles. The van der Waals surface area contributed by atoms with Gasteiger partial charge in [-0.1, -0.05) is 13.8 Å². The predicted octanol–water partition coefficient (Wildman–Crippen LogP) is 6.70. The number of hydrogen-bond acceptors (Lipinski definition) is 2. The van der Waals surface area contributed by atoms with Gasteiger partial charge < -0.3 is 5.11 Å². The fraction of sp³-hybridized carbons (Fsp3) is 0.960. The zero-order valence-corrected chi connectivity index (χ0v) is 18.9. The molecule has 2 nitrogen and oxygen atoms in total. The Kier molecular flexibility index (Phi) is 5.64. The molecular weight excluding hydrogens is 389 g/mol. The van der Waals surface area contributed by atoms with Gasteiger partial charge in [-0.05, 0) is 118 Å². The number of carbonyl (C=O) groups excluding carboxylic acids is 1. The molecule has 0 aliphatic heterocycles. The molecular formula is C25H39F3O2. The maximum atomic E-state index is 12.5. The smallest absolute Gasteiger partial charge is 0.390 e. The van der Waals surface area contributed by atoms with E-state index >= 15 is 0 Å². The maximum absolute atomic E-state index is 12.5. The fourth-order valence-corrected chi connectivity index (χ4v) is 8.66.